The molecule has 1 aliphatic heterocycles. The van der Waals surface area contributed by atoms with E-state index in [0.29, 0.717) is 25.6 Å². The largest absolute Gasteiger partial charge is 0.298 e. The van der Waals surface area contributed by atoms with E-state index >= 15 is 0 Å². The summed E-state index contributed by atoms with van der Waals surface area (Å²) in [4.78, 5) is 2.33. The predicted octanol–water partition coefficient (Wildman–Crippen LogP) is 1.97. The molecule has 1 fully saturated rings. The van der Waals surface area contributed by atoms with Gasteiger partial charge in [0.1, 0.15) is 0 Å². The second-order valence-corrected chi connectivity index (χ2v) is 8.02. The zero-order chi connectivity index (χ0) is 15.3. The number of nitrogens with zero attached hydrogens (tertiary/aromatic N) is 2. The van der Waals surface area contributed by atoms with Crippen molar-refractivity contribution in [2.45, 2.75) is 32.7 Å². The number of sulfonamides is 1. The van der Waals surface area contributed by atoms with Gasteiger partial charge in [-0.25, -0.2) is 8.42 Å². The Hall–Kier alpha value is -0.910. The first-order chi connectivity index (χ1) is 9.99. The molecule has 0 N–H and O–H groups in total. The highest BCUT2D eigenvalue weighted by atomic mass is 32.2. The molecule has 0 aliphatic carbocycles. The van der Waals surface area contributed by atoms with E-state index in [9.17, 15) is 8.42 Å². The number of aryl methyl sites for hydroxylation is 1. The van der Waals surface area contributed by atoms with E-state index in [0.717, 1.165) is 19.5 Å². The third-order valence-corrected chi connectivity index (χ3v) is 6.06. The normalized spacial score (nSPS) is 18.2. The lowest BCUT2D eigenvalue weighted by molar-refractivity contribution is 0.154. The van der Waals surface area contributed by atoms with E-state index in [-0.39, 0.29) is 5.75 Å². The number of hydrogen-bond acceptors (Lipinski definition) is 3. The van der Waals surface area contributed by atoms with Crippen LogP contribution in [0.15, 0.2) is 30.3 Å². The Morgan fingerprint density at radius 2 is 1.67 bits per heavy atom. The molecule has 0 amide bonds. The van der Waals surface area contributed by atoms with E-state index in [4.69, 9.17) is 0 Å². The fourth-order valence-electron chi connectivity index (χ4n) is 2.73. The van der Waals surface area contributed by atoms with Crippen LogP contribution in [0, 0.1) is 0 Å². The van der Waals surface area contributed by atoms with Crippen molar-refractivity contribution in [3.63, 3.8) is 0 Å². The summed E-state index contributed by atoms with van der Waals surface area (Å²) in [5, 5.41) is 0. The van der Waals surface area contributed by atoms with Gasteiger partial charge in [-0.3, -0.25) is 4.90 Å². The average Bonchev–Trinajstić information content (AvgIpc) is 2.48. The summed E-state index contributed by atoms with van der Waals surface area (Å²) in [5.74, 6) is 0.254. The van der Waals surface area contributed by atoms with Crippen LogP contribution in [0.3, 0.4) is 0 Å². The van der Waals surface area contributed by atoms with Gasteiger partial charge in [0.2, 0.25) is 10.0 Å². The number of rotatable bonds is 6. The highest BCUT2D eigenvalue weighted by Crippen LogP contribution is 2.12. The summed E-state index contributed by atoms with van der Waals surface area (Å²) in [6, 6.07) is 10.6. The maximum atomic E-state index is 12.4. The SMILES string of the molecule is CC(C)N1CCN(S(=O)(=O)CCCc2ccccc2)CC1. The number of piperazine rings is 1. The molecule has 118 valence electrons. The molecule has 1 saturated heterocycles. The second kappa shape index (κ2) is 7.38. The van der Waals surface area contributed by atoms with Crippen LogP contribution in [-0.4, -0.2) is 55.6 Å². The van der Waals surface area contributed by atoms with Gasteiger partial charge < -0.3 is 0 Å². The summed E-state index contributed by atoms with van der Waals surface area (Å²) >= 11 is 0. The quantitative estimate of drug-likeness (QED) is 0.806. The average molecular weight is 310 g/mol. The summed E-state index contributed by atoms with van der Waals surface area (Å²) in [6.45, 7) is 7.26. The lowest BCUT2D eigenvalue weighted by Crippen LogP contribution is -2.51. The third kappa shape index (κ3) is 4.80. The molecule has 4 nitrogen and oxygen atoms in total. The molecular weight excluding hydrogens is 284 g/mol. The Kier molecular flexibility index (Phi) is 5.79. The number of benzene rings is 1. The van der Waals surface area contributed by atoms with Crippen molar-refractivity contribution in [1.82, 2.24) is 9.21 Å². The molecule has 0 unspecified atom stereocenters. The Labute approximate surface area is 128 Å². The van der Waals surface area contributed by atoms with Gasteiger partial charge in [0.25, 0.3) is 0 Å². The summed E-state index contributed by atoms with van der Waals surface area (Å²) in [6.07, 6.45) is 1.52. The topological polar surface area (TPSA) is 40.6 Å². The Balaban J connectivity index is 1.80. The Bertz CT molecular complexity index is 520. The monoisotopic (exact) mass is 310 g/mol. The van der Waals surface area contributed by atoms with Gasteiger partial charge in [0, 0.05) is 32.2 Å². The van der Waals surface area contributed by atoms with Crippen LogP contribution >= 0.6 is 0 Å². The lowest BCUT2D eigenvalue weighted by atomic mass is 10.1. The lowest BCUT2D eigenvalue weighted by Gasteiger charge is -2.36. The summed E-state index contributed by atoms with van der Waals surface area (Å²) in [5.41, 5.74) is 1.21. The van der Waals surface area contributed by atoms with Crippen LogP contribution in [0.5, 0.6) is 0 Å². The molecule has 1 heterocycles. The molecule has 0 spiro atoms. The molecule has 0 saturated carbocycles. The van der Waals surface area contributed by atoms with Crippen molar-refractivity contribution in [2.75, 3.05) is 31.9 Å². The van der Waals surface area contributed by atoms with E-state index in [1.54, 1.807) is 4.31 Å². The molecule has 2 rings (SSSR count). The third-order valence-electron chi connectivity index (χ3n) is 4.11. The van der Waals surface area contributed by atoms with E-state index in [2.05, 4.69) is 18.7 Å². The maximum absolute atomic E-state index is 12.4. The van der Waals surface area contributed by atoms with E-state index in [1.165, 1.54) is 5.56 Å². The first kappa shape index (κ1) is 16.5. The maximum Gasteiger partial charge on any atom is 0.214 e. The minimum atomic E-state index is -3.10. The molecule has 21 heavy (non-hydrogen) atoms. The molecule has 0 atom stereocenters. The first-order valence-electron chi connectivity index (χ1n) is 7.75. The van der Waals surface area contributed by atoms with Crippen molar-refractivity contribution in [1.29, 1.82) is 0 Å². The van der Waals surface area contributed by atoms with Crippen molar-refractivity contribution in [3.8, 4) is 0 Å². The molecule has 0 radical (unpaired) electrons. The van der Waals surface area contributed by atoms with Crippen molar-refractivity contribution in [2.24, 2.45) is 0 Å². The molecule has 0 aromatic heterocycles. The van der Waals surface area contributed by atoms with Crippen LogP contribution in [0.2, 0.25) is 0 Å². The zero-order valence-corrected chi connectivity index (χ0v) is 13.8. The van der Waals surface area contributed by atoms with Gasteiger partial charge in [-0.15, -0.1) is 0 Å². The minimum Gasteiger partial charge on any atom is -0.298 e. The first-order valence-corrected chi connectivity index (χ1v) is 9.36. The molecule has 0 bridgehead atoms. The Morgan fingerprint density at radius 3 is 2.24 bits per heavy atom. The van der Waals surface area contributed by atoms with Crippen molar-refractivity contribution in [3.05, 3.63) is 35.9 Å². The van der Waals surface area contributed by atoms with Gasteiger partial charge >= 0.3 is 0 Å². The molecule has 5 heteroatoms. The van der Waals surface area contributed by atoms with Gasteiger partial charge in [-0.2, -0.15) is 4.31 Å². The van der Waals surface area contributed by atoms with Crippen molar-refractivity contribution >= 4 is 10.0 Å². The van der Waals surface area contributed by atoms with Gasteiger partial charge in [-0.05, 0) is 32.3 Å². The number of hydrogen-bond donors (Lipinski definition) is 0. The fourth-order valence-corrected chi connectivity index (χ4v) is 4.22. The fraction of sp³-hybridized carbons (Fsp3) is 0.625. The highest BCUT2D eigenvalue weighted by molar-refractivity contribution is 7.89. The zero-order valence-electron chi connectivity index (χ0n) is 13.0. The Morgan fingerprint density at radius 1 is 1.05 bits per heavy atom. The van der Waals surface area contributed by atoms with Crippen LogP contribution in [-0.2, 0) is 16.4 Å². The smallest absolute Gasteiger partial charge is 0.214 e. The standard InChI is InChI=1S/C16H26N2O2S/c1-15(2)17-10-12-18(13-11-17)21(19,20)14-6-9-16-7-4-3-5-8-16/h3-5,7-8,15H,6,9-14H2,1-2H3. The molecule has 1 aromatic rings. The predicted molar refractivity (Wildman–Crippen MR) is 86.8 cm³/mol. The van der Waals surface area contributed by atoms with Gasteiger partial charge in [0.15, 0.2) is 0 Å². The molecular formula is C16H26N2O2S. The second-order valence-electron chi connectivity index (χ2n) is 5.93. The summed E-state index contributed by atoms with van der Waals surface area (Å²) < 4.78 is 26.4. The summed E-state index contributed by atoms with van der Waals surface area (Å²) in [7, 11) is -3.10. The van der Waals surface area contributed by atoms with Gasteiger partial charge in [0.05, 0.1) is 5.75 Å². The van der Waals surface area contributed by atoms with Crippen molar-refractivity contribution < 1.29 is 8.42 Å². The van der Waals surface area contributed by atoms with E-state index in [1.807, 2.05) is 30.3 Å². The highest BCUT2D eigenvalue weighted by Gasteiger charge is 2.27. The van der Waals surface area contributed by atoms with Crippen LogP contribution in [0.25, 0.3) is 0 Å². The molecule has 1 aliphatic rings. The van der Waals surface area contributed by atoms with E-state index < -0.39 is 10.0 Å². The van der Waals surface area contributed by atoms with Gasteiger partial charge in [-0.1, -0.05) is 30.3 Å². The molecule has 1 aromatic carbocycles. The van der Waals surface area contributed by atoms with Crippen LogP contribution in [0.4, 0.5) is 0 Å². The van der Waals surface area contributed by atoms with Crippen LogP contribution < -0.4 is 0 Å². The van der Waals surface area contributed by atoms with Crippen LogP contribution in [0.1, 0.15) is 25.8 Å². The minimum absolute atomic E-state index is 0.254.